The van der Waals surface area contributed by atoms with Crippen molar-refractivity contribution < 1.29 is 27.9 Å². The zero-order valence-corrected chi connectivity index (χ0v) is 22.1. The van der Waals surface area contributed by atoms with Crippen LogP contribution in [0.3, 0.4) is 0 Å². The third kappa shape index (κ3) is 6.19. The Labute approximate surface area is 220 Å². The molecular weight excluding hydrogens is 491 g/mol. The number of aryl methyl sites for hydroxylation is 2. The molecule has 2 aromatic heterocycles. The van der Waals surface area contributed by atoms with Crippen LogP contribution in [0.5, 0.6) is 0 Å². The summed E-state index contributed by atoms with van der Waals surface area (Å²) in [5.41, 5.74) is 1.77. The topological polar surface area (TPSA) is 114 Å². The van der Waals surface area contributed by atoms with E-state index in [-0.39, 0.29) is 23.9 Å². The number of nitrogens with one attached hydrogen (secondary N) is 2. The van der Waals surface area contributed by atoms with Crippen molar-refractivity contribution in [1.29, 1.82) is 0 Å². The highest BCUT2D eigenvalue weighted by molar-refractivity contribution is 5.97. The molecule has 0 saturated carbocycles. The van der Waals surface area contributed by atoms with Gasteiger partial charge in [-0.05, 0) is 69.9 Å². The SMILES string of the molecule is Cc1c(CN(C)C(=O)/C=C/c2cnc3c(c2)CC[C@H](NC(=O)OC(C)(C)C)C(=O)N3)oc2c(F)cccc12. The number of fused-ring (bicyclic) bond motifs is 2. The number of nitrogens with zero attached hydrogens (tertiary/aromatic N) is 2. The van der Waals surface area contributed by atoms with Crippen LogP contribution >= 0.6 is 0 Å². The lowest BCUT2D eigenvalue weighted by atomic mass is 10.1. The molecule has 3 heterocycles. The van der Waals surface area contributed by atoms with Crippen molar-refractivity contribution in [2.24, 2.45) is 0 Å². The van der Waals surface area contributed by atoms with Gasteiger partial charge in [-0.1, -0.05) is 12.1 Å². The molecule has 0 fully saturated rings. The molecule has 1 aromatic carbocycles. The number of amides is 3. The molecule has 1 aliphatic heterocycles. The molecule has 9 nitrogen and oxygen atoms in total. The molecule has 2 N–H and O–H groups in total. The Morgan fingerprint density at radius 2 is 2.11 bits per heavy atom. The molecule has 0 spiro atoms. The molecule has 200 valence electrons. The lowest BCUT2D eigenvalue weighted by Gasteiger charge is -2.22. The molecular formula is C28H31FN4O5. The largest absolute Gasteiger partial charge is 0.456 e. The fraction of sp³-hybridized carbons (Fsp3) is 0.357. The van der Waals surface area contributed by atoms with Crippen molar-refractivity contribution in [3.63, 3.8) is 0 Å². The van der Waals surface area contributed by atoms with Gasteiger partial charge in [-0.25, -0.2) is 14.2 Å². The molecule has 0 saturated heterocycles. The Morgan fingerprint density at radius 3 is 2.82 bits per heavy atom. The molecule has 0 radical (unpaired) electrons. The van der Waals surface area contributed by atoms with Crippen LogP contribution < -0.4 is 10.6 Å². The summed E-state index contributed by atoms with van der Waals surface area (Å²) in [7, 11) is 1.64. The van der Waals surface area contributed by atoms with Gasteiger partial charge in [-0.15, -0.1) is 0 Å². The van der Waals surface area contributed by atoms with Crippen molar-refractivity contribution in [3.05, 3.63) is 64.8 Å². The normalized spacial score (nSPS) is 15.6. The van der Waals surface area contributed by atoms with Gasteiger partial charge >= 0.3 is 6.09 Å². The number of carbonyl (C=O) groups is 3. The van der Waals surface area contributed by atoms with Gasteiger partial charge in [0.2, 0.25) is 11.8 Å². The second kappa shape index (κ2) is 10.6. The summed E-state index contributed by atoms with van der Waals surface area (Å²) < 4.78 is 25.0. The van der Waals surface area contributed by atoms with Crippen molar-refractivity contribution in [1.82, 2.24) is 15.2 Å². The number of rotatable bonds is 5. The fourth-order valence-electron chi connectivity index (χ4n) is 4.14. The maximum atomic E-state index is 14.0. The molecule has 0 unspecified atom stereocenters. The van der Waals surface area contributed by atoms with Crippen LogP contribution in [0.2, 0.25) is 0 Å². The number of benzene rings is 1. The highest BCUT2D eigenvalue weighted by Crippen LogP contribution is 2.28. The van der Waals surface area contributed by atoms with Gasteiger partial charge in [0.15, 0.2) is 11.4 Å². The van der Waals surface area contributed by atoms with Gasteiger partial charge in [0.25, 0.3) is 0 Å². The summed E-state index contributed by atoms with van der Waals surface area (Å²) in [5.74, 6) is -0.147. The monoisotopic (exact) mass is 522 g/mol. The number of hydrogen-bond acceptors (Lipinski definition) is 6. The van der Waals surface area contributed by atoms with Crippen LogP contribution in [0.4, 0.5) is 15.0 Å². The van der Waals surface area contributed by atoms with E-state index in [0.717, 1.165) is 11.1 Å². The zero-order valence-electron chi connectivity index (χ0n) is 22.1. The van der Waals surface area contributed by atoms with Crippen molar-refractivity contribution >= 4 is 40.8 Å². The number of aromatic nitrogens is 1. The standard InChI is InChI=1S/C28H31FN4O5/c1-16-19-7-6-8-20(29)24(19)37-22(16)15-33(5)23(34)12-9-17-13-18-10-11-21(26(35)32-25(18)30-14-17)31-27(36)38-28(2,3)4/h6-9,12-14,21H,10-11,15H2,1-5H3,(H,31,36)(H,30,32,35)/b12-9+/t21-/m0/s1. The number of halogens is 1. The smallest absolute Gasteiger partial charge is 0.408 e. The quantitative estimate of drug-likeness (QED) is 0.469. The van der Waals surface area contributed by atoms with Crippen LogP contribution in [-0.2, 0) is 27.3 Å². The predicted octanol–water partition coefficient (Wildman–Crippen LogP) is 4.73. The lowest BCUT2D eigenvalue weighted by Crippen LogP contribution is -2.45. The number of para-hydroxylation sites is 1. The van der Waals surface area contributed by atoms with Crippen molar-refractivity contribution in [2.45, 2.75) is 58.7 Å². The van der Waals surface area contributed by atoms with E-state index in [9.17, 15) is 18.8 Å². The molecule has 10 heteroatoms. The fourth-order valence-corrected chi connectivity index (χ4v) is 4.14. The Kier molecular flexibility index (Phi) is 7.52. The van der Waals surface area contributed by atoms with Gasteiger partial charge in [0.05, 0.1) is 6.54 Å². The number of alkyl carbamates (subject to hydrolysis) is 1. The third-order valence-corrected chi connectivity index (χ3v) is 6.13. The first-order chi connectivity index (χ1) is 17.9. The maximum Gasteiger partial charge on any atom is 0.408 e. The minimum absolute atomic E-state index is 0.183. The Hall–Kier alpha value is -4.21. The van der Waals surface area contributed by atoms with Crippen LogP contribution in [0.15, 0.2) is 41.0 Å². The van der Waals surface area contributed by atoms with E-state index in [1.54, 1.807) is 52.2 Å². The highest BCUT2D eigenvalue weighted by atomic mass is 19.1. The van der Waals surface area contributed by atoms with Crippen molar-refractivity contribution in [2.75, 3.05) is 12.4 Å². The molecule has 3 aromatic rings. The summed E-state index contributed by atoms with van der Waals surface area (Å²) in [6, 6.07) is 5.83. The Morgan fingerprint density at radius 1 is 1.34 bits per heavy atom. The van der Waals surface area contributed by atoms with Gasteiger partial charge < -0.3 is 24.7 Å². The number of hydrogen-bond donors (Lipinski definition) is 2. The summed E-state index contributed by atoms with van der Waals surface area (Å²) in [6.45, 7) is 7.26. The third-order valence-electron chi connectivity index (χ3n) is 6.13. The highest BCUT2D eigenvalue weighted by Gasteiger charge is 2.28. The minimum atomic E-state index is -0.761. The molecule has 0 bridgehead atoms. The van der Waals surface area contributed by atoms with Gasteiger partial charge in [-0.2, -0.15) is 0 Å². The molecule has 0 aliphatic carbocycles. The molecule has 4 rings (SSSR count). The Bertz CT molecular complexity index is 1420. The average molecular weight is 523 g/mol. The van der Waals surface area contributed by atoms with Crippen molar-refractivity contribution in [3.8, 4) is 0 Å². The second-order valence-corrected chi connectivity index (χ2v) is 10.3. The summed E-state index contributed by atoms with van der Waals surface area (Å²) in [6.07, 6.45) is 4.80. The van der Waals surface area contributed by atoms with E-state index in [1.807, 2.05) is 13.0 Å². The van der Waals surface area contributed by atoms with Crippen LogP contribution in [0.25, 0.3) is 17.0 Å². The summed E-state index contributed by atoms with van der Waals surface area (Å²) in [5, 5.41) is 6.03. The molecule has 1 atom stereocenters. The van der Waals surface area contributed by atoms with E-state index >= 15 is 0 Å². The molecule has 1 aliphatic rings. The van der Waals surface area contributed by atoms with E-state index in [0.29, 0.717) is 35.4 Å². The minimum Gasteiger partial charge on any atom is -0.456 e. The number of anilines is 1. The Balaban J connectivity index is 1.40. The first kappa shape index (κ1) is 26.8. The number of likely N-dealkylation sites (N-methyl/N-ethyl adjacent to an activating group) is 1. The lowest BCUT2D eigenvalue weighted by molar-refractivity contribution is -0.125. The van der Waals surface area contributed by atoms with Gasteiger partial charge in [0, 0.05) is 30.3 Å². The maximum absolute atomic E-state index is 14.0. The van der Waals surface area contributed by atoms with Crippen LogP contribution in [-0.4, -0.2) is 46.5 Å². The summed E-state index contributed by atoms with van der Waals surface area (Å²) >= 11 is 0. The number of pyridine rings is 1. The first-order valence-electron chi connectivity index (χ1n) is 12.3. The van der Waals surface area contributed by atoms with E-state index in [2.05, 4.69) is 15.6 Å². The van der Waals surface area contributed by atoms with Crippen LogP contribution in [0, 0.1) is 12.7 Å². The molecule has 38 heavy (non-hydrogen) atoms. The van der Waals surface area contributed by atoms with Crippen LogP contribution in [0.1, 0.15) is 49.6 Å². The van der Waals surface area contributed by atoms with E-state index < -0.39 is 23.6 Å². The number of furan rings is 1. The van der Waals surface area contributed by atoms with E-state index in [4.69, 9.17) is 9.15 Å². The van der Waals surface area contributed by atoms with Gasteiger partial charge in [0.1, 0.15) is 23.2 Å². The number of ether oxygens (including phenoxy) is 1. The zero-order chi connectivity index (χ0) is 27.6. The van der Waals surface area contributed by atoms with Gasteiger partial charge in [-0.3, -0.25) is 9.59 Å². The average Bonchev–Trinajstić information content (AvgIpc) is 3.07. The van der Waals surface area contributed by atoms with E-state index in [1.165, 1.54) is 17.0 Å². The predicted molar refractivity (Wildman–Crippen MR) is 141 cm³/mol. The first-order valence-corrected chi connectivity index (χ1v) is 12.3. The summed E-state index contributed by atoms with van der Waals surface area (Å²) in [4.78, 5) is 43.3. The number of carbonyl (C=O) groups excluding carboxylic acids is 3. The molecule has 3 amide bonds. The second-order valence-electron chi connectivity index (χ2n) is 10.3.